The zero-order valence-corrected chi connectivity index (χ0v) is 15.6. The van der Waals surface area contributed by atoms with Crippen molar-refractivity contribution in [2.75, 3.05) is 6.61 Å². The number of para-hydroxylation sites is 1. The first-order valence-electron chi connectivity index (χ1n) is 9.11. The topological polar surface area (TPSA) is 124 Å². The molecule has 0 aliphatic carbocycles. The smallest absolute Gasteiger partial charge is 0.357 e. The van der Waals surface area contributed by atoms with Gasteiger partial charge in [0.05, 0.1) is 12.1 Å². The number of carbonyl (C=O) groups excluding carboxylic acids is 1. The number of nitrogens with zero attached hydrogens (tertiary/aromatic N) is 2. The van der Waals surface area contributed by atoms with E-state index in [2.05, 4.69) is 9.97 Å². The number of hydrogen-bond acceptors (Lipinski definition) is 7. The van der Waals surface area contributed by atoms with Gasteiger partial charge >= 0.3 is 11.7 Å². The molecule has 9 heteroatoms. The summed E-state index contributed by atoms with van der Waals surface area (Å²) >= 11 is 0. The molecule has 0 amide bonds. The minimum Gasteiger partial charge on any atom is -0.455 e. The van der Waals surface area contributed by atoms with Gasteiger partial charge < -0.3 is 14.6 Å². The standard InChI is InChI=1S/C20H19N3O6/c1-11-9-23(20(27)22-18(11)25)17-8-15(16(10-24)28-17)29-19(26)14-7-6-12-4-2-3-5-13(12)21-14/h2-7,9,15-17,24H,8,10H2,1H3,(H,22,25,27)/t15-,16+,17+/m0/s1. The third-order valence-corrected chi connectivity index (χ3v) is 4.88. The van der Waals surface area contributed by atoms with Crippen LogP contribution in [0, 0.1) is 6.92 Å². The van der Waals surface area contributed by atoms with Crippen LogP contribution in [0.5, 0.6) is 0 Å². The van der Waals surface area contributed by atoms with Crippen LogP contribution in [0.3, 0.4) is 0 Å². The molecule has 2 aromatic heterocycles. The predicted molar refractivity (Wildman–Crippen MR) is 103 cm³/mol. The molecule has 1 fully saturated rings. The fraction of sp³-hybridized carbons (Fsp3) is 0.300. The molecular formula is C20H19N3O6. The number of aromatic nitrogens is 3. The van der Waals surface area contributed by atoms with Crippen molar-refractivity contribution in [1.82, 2.24) is 14.5 Å². The summed E-state index contributed by atoms with van der Waals surface area (Å²) in [5.74, 6) is -0.645. The van der Waals surface area contributed by atoms with Crippen LogP contribution in [-0.4, -0.2) is 44.4 Å². The first kappa shape index (κ1) is 19.0. The second-order valence-corrected chi connectivity index (χ2v) is 6.86. The molecule has 3 aromatic rings. The molecule has 150 valence electrons. The Morgan fingerprint density at radius 2 is 2.10 bits per heavy atom. The quantitative estimate of drug-likeness (QED) is 0.627. The number of carbonyl (C=O) groups is 1. The van der Waals surface area contributed by atoms with Gasteiger partial charge in [0.25, 0.3) is 5.56 Å². The van der Waals surface area contributed by atoms with E-state index in [-0.39, 0.29) is 12.1 Å². The highest BCUT2D eigenvalue weighted by Crippen LogP contribution is 2.30. The Kier molecular flexibility index (Phi) is 4.99. The zero-order chi connectivity index (χ0) is 20.5. The molecule has 0 bridgehead atoms. The maximum absolute atomic E-state index is 12.6. The number of H-pyrrole nitrogens is 1. The number of nitrogens with one attached hydrogen (secondary N) is 1. The van der Waals surface area contributed by atoms with Crippen molar-refractivity contribution >= 4 is 16.9 Å². The van der Waals surface area contributed by atoms with Crippen molar-refractivity contribution in [2.45, 2.75) is 31.8 Å². The summed E-state index contributed by atoms with van der Waals surface area (Å²) in [4.78, 5) is 42.7. The van der Waals surface area contributed by atoms with Crippen molar-refractivity contribution in [3.05, 3.63) is 74.7 Å². The third-order valence-electron chi connectivity index (χ3n) is 4.88. The monoisotopic (exact) mass is 397 g/mol. The summed E-state index contributed by atoms with van der Waals surface area (Å²) in [7, 11) is 0. The van der Waals surface area contributed by atoms with Crippen LogP contribution < -0.4 is 11.2 Å². The van der Waals surface area contributed by atoms with E-state index in [0.29, 0.717) is 11.1 Å². The largest absolute Gasteiger partial charge is 0.455 e. The number of ether oxygens (including phenoxy) is 2. The maximum Gasteiger partial charge on any atom is 0.357 e. The Hall–Kier alpha value is -3.30. The number of fused-ring (bicyclic) bond motifs is 1. The van der Waals surface area contributed by atoms with Crippen molar-refractivity contribution in [1.29, 1.82) is 0 Å². The molecule has 3 heterocycles. The Labute approximate surface area is 164 Å². The fourth-order valence-electron chi connectivity index (χ4n) is 3.34. The van der Waals surface area contributed by atoms with Gasteiger partial charge in [-0.2, -0.15) is 0 Å². The number of aliphatic hydroxyl groups excluding tert-OH is 1. The van der Waals surface area contributed by atoms with Crippen LogP contribution in [0.15, 0.2) is 52.2 Å². The van der Waals surface area contributed by atoms with Gasteiger partial charge in [-0.05, 0) is 19.1 Å². The predicted octanol–water partition coefficient (Wildman–Crippen LogP) is 0.899. The first-order chi connectivity index (χ1) is 14.0. The van der Waals surface area contributed by atoms with Crippen LogP contribution in [0.2, 0.25) is 0 Å². The molecule has 0 radical (unpaired) electrons. The van der Waals surface area contributed by atoms with Crippen LogP contribution in [0.1, 0.15) is 28.7 Å². The van der Waals surface area contributed by atoms with E-state index < -0.39 is 42.3 Å². The highest BCUT2D eigenvalue weighted by atomic mass is 16.6. The molecule has 1 saturated heterocycles. The molecule has 0 saturated carbocycles. The fourth-order valence-corrected chi connectivity index (χ4v) is 3.34. The van der Waals surface area contributed by atoms with Gasteiger partial charge in [0.15, 0.2) is 0 Å². The Morgan fingerprint density at radius 3 is 2.90 bits per heavy atom. The number of benzene rings is 1. The van der Waals surface area contributed by atoms with Crippen LogP contribution in [-0.2, 0) is 9.47 Å². The Balaban J connectivity index is 1.54. The van der Waals surface area contributed by atoms with Gasteiger partial charge in [-0.1, -0.05) is 24.3 Å². The lowest BCUT2D eigenvalue weighted by atomic mass is 10.1. The number of aliphatic hydroxyl groups is 1. The number of rotatable bonds is 4. The van der Waals surface area contributed by atoms with E-state index in [4.69, 9.17) is 9.47 Å². The molecule has 0 spiro atoms. The van der Waals surface area contributed by atoms with Gasteiger partial charge in [-0.15, -0.1) is 0 Å². The van der Waals surface area contributed by atoms with Gasteiger partial charge in [0, 0.05) is 23.6 Å². The second kappa shape index (κ2) is 7.61. The van der Waals surface area contributed by atoms with Gasteiger partial charge in [0.1, 0.15) is 24.1 Å². The highest BCUT2D eigenvalue weighted by molar-refractivity contribution is 5.91. The van der Waals surface area contributed by atoms with Crippen LogP contribution in [0.4, 0.5) is 0 Å². The average Bonchev–Trinajstić information content (AvgIpc) is 3.12. The minimum absolute atomic E-state index is 0.140. The third kappa shape index (κ3) is 3.69. The summed E-state index contributed by atoms with van der Waals surface area (Å²) < 4.78 is 12.4. The van der Waals surface area contributed by atoms with Crippen molar-refractivity contribution in [3.63, 3.8) is 0 Å². The Morgan fingerprint density at radius 1 is 1.31 bits per heavy atom. The molecule has 3 atom stereocenters. The maximum atomic E-state index is 12.6. The molecule has 1 aliphatic rings. The molecular weight excluding hydrogens is 378 g/mol. The minimum atomic E-state index is -0.802. The zero-order valence-electron chi connectivity index (χ0n) is 15.6. The summed E-state index contributed by atoms with van der Waals surface area (Å²) in [6.45, 7) is 1.17. The summed E-state index contributed by atoms with van der Waals surface area (Å²) in [5, 5.41) is 10.5. The number of hydrogen-bond donors (Lipinski definition) is 2. The lowest BCUT2D eigenvalue weighted by molar-refractivity contribution is -0.0523. The lowest BCUT2D eigenvalue weighted by Crippen LogP contribution is -2.33. The van der Waals surface area contributed by atoms with E-state index in [1.54, 1.807) is 25.1 Å². The van der Waals surface area contributed by atoms with E-state index in [1.165, 1.54) is 10.8 Å². The van der Waals surface area contributed by atoms with E-state index in [9.17, 15) is 19.5 Å². The number of aromatic amines is 1. The number of aryl methyl sites for hydroxylation is 1. The molecule has 9 nitrogen and oxygen atoms in total. The van der Waals surface area contributed by atoms with Gasteiger partial charge in [-0.25, -0.2) is 14.6 Å². The molecule has 29 heavy (non-hydrogen) atoms. The molecule has 2 N–H and O–H groups in total. The van der Waals surface area contributed by atoms with Gasteiger partial charge in [-0.3, -0.25) is 14.3 Å². The van der Waals surface area contributed by atoms with E-state index >= 15 is 0 Å². The van der Waals surface area contributed by atoms with Crippen molar-refractivity contribution in [3.8, 4) is 0 Å². The SMILES string of the molecule is Cc1cn([C@H]2C[C@H](OC(=O)c3ccc4ccccc4n3)[C@@H](CO)O2)c(=O)[nH]c1=O. The second-order valence-electron chi connectivity index (χ2n) is 6.86. The van der Waals surface area contributed by atoms with Crippen LogP contribution >= 0.6 is 0 Å². The summed E-state index contributed by atoms with van der Waals surface area (Å²) in [5.41, 5.74) is 0.0331. The summed E-state index contributed by atoms with van der Waals surface area (Å²) in [6.07, 6.45) is -0.823. The van der Waals surface area contributed by atoms with Crippen LogP contribution in [0.25, 0.3) is 10.9 Å². The average molecular weight is 397 g/mol. The van der Waals surface area contributed by atoms with Crippen molar-refractivity contribution in [2.24, 2.45) is 0 Å². The molecule has 1 aromatic carbocycles. The number of pyridine rings is 1. The highest BCUT2D eigenvalue weighted by Gasteiger charge is 2.39. The van der Waals surface area contributed by atoms with E-state index in [0.717, 1.165) is 5.39 Å². The normalized spacial score (nSPS) is 21.4. The first-order valence-corrected chi connectivity index (χ1v) is 9.11. The van der Waals surface area contributed by atoms with Crippen molar-refractivity contribution < 1.29 is 19.4 Å². The molecule has 1 aliphatic heterocycles. The lowest BCUT2D eigenvalue weighted by Gasteiger charge is -2.16. The molecule has 0 unspecified atom stereocenters. The van der Waals surface area contributed by atoms with E-state index in [1.807, 2.05) is 18.2 Å². The Bertz CT molecular complexity index is 1180. The van der Waals surface area contributed by atoms with Gasteiger partial charge in [0.2, 0.25) is 0 Å². The molecule has 4 rings (SSSR count). The summed E-state index contributed by atoms with van der Waals surface area (Å²) in [6, 6.07) is 10.7. The number of esters is 1.